The van der Waals surface area contributed by atoms with E-state index in [0.29, 0.717) is 14.6 Å². The third kappa shape index (κ3) is 2.91. The smallest absolute Gasteiger partial charge is 0.259 e. The molecule has 1 amide bonds. The van der Waals surface area contributed by atoms with Gasteiger partial charge in [-0.3, -0.25) is 4.79 Å². The van der Waals surface area contributed by atoms with E-state index in [-0.39, 0.29) is 17.2 Å². The molecule has 2 aromatic carbocycles. The van der Waals surface area contributed by atoms with Gasteiger partial charge < -0.3 is 10.4 Å². The number of hydrogen-bond acceptors (Lipinski definition) is 2. The Morgan fingerprint density at radius 3 is 2.33 bits per heavy atom. The SMILES string of the molecule is O=C(Nc1ccccc1)c1cc(Br)c(Br)cc1O. The van der Waals surface area contributed by atoms with E-state index in [0.717, 1.165) is 0 Å². The number of carbonyl (C=O) groups excluding carboxylic acids is 1. The summed E-state index contributed by atoms with van der Waals surface area (Å²) in [6, 6.07) is 12.1. The highest BCUT2D eigenvalue weighted by molar-refractivity contribution is 9.13. The van der Waals surface area contributed by atoms with Crippen LogP contribution in [0.5, 0.6) is 5.75 Å². The number of benzene rings is 2. The van der Waals surface area contributed by atoms with Crippen molar-refractivity contribution >= 4 is 43.5 Å². The molecule has 5 heteroatoms. The number of nitrogens with one attached hydrogen (secondary N) is 1. The van der Waals surface area contributed by atoms with Crippen LogP contribution in [0.1, 0.15) is 10.4 Å². The molecule has 0 aromatic heterocycles. The molecule has 0 aliphatic rings. The van der Waals surface area contributed by atoms with E-state index in [1.807, 2.05) is 18.2 Å². The maximum atomic E-state index is 12.0. The largest absolute Gasteiger partial charge is 0.507 e. The first-order valence-corrected chi connectivity index (χ1v) is 6.71. The lowest BCUT2D eigenvalue weighted by atomic mass is 10.2. The Labute approximate surface area is 121 Å². The van der Waals surface area contributed by atoms with Gasteiger partial charge in [-0.05, 0) is 56.1 Å². The van der Waals surface area contributed by atoms with E-state index >= 15 is 0 Å². The summed E-state index contributed by atoms with van der Waals surface area (Å²) in [6.45, 7) is 0. The van der Waals surface area contributed by atoms with Crippen LogP contribution >= 0.6 is 31.9 Å². The molecule has 0 heterocycles. The van der Waals surface area contributed by atoms with Crippen LogP contribution in [-0.2, 0) is 0 Å². The van der Waals surface area contributed by atoms with E-state index in [2.05, 4.69) is 37.2 Å². The lowest BCUT2D eigenvalue weighted by Gasteiger charge is -2.08. The Bertz CT molecular complexity index is 585. The molecule has 2 aromatic rings. The molecule has 92 valence electrons. The summed E-state index contributed by atoms with van der Waals surface area (Å²) in [6.07, 6.45) is 0. The highest BCUT2D eigenvalue weighted by Crippen LogP contribution is 2.30. The van der Waals surface area contributed by atoms with Crippen molar-refractivity contribution in [2.24, 2.45) is 0 Å². The van der Waals surface area contributed by atoms with Crippen LogP contribution < -0.4 is 5.32 Å². The summed E-state index contributed by atoms with van der Waals surface area (Å²) in [5.74, 6) is -0.426. The number of anilines is 1. The molecule has 0 atom stereocenters. The van der Waals surface area contributed by atoms with Crippen molar-refractivity contribution in [3.63, 3.8) is 0 Å². The summed E-state index contributed by atoms with van der Waals surface area (Å²) in [5.41, 5.74) is 0.898. The van der Waals surface area contributed by atoms with Crippen LogP contribution in [0.2, 0.25) is 0 Å². The van der Waals surface area contributed by atoms with Gasteiger partial charge in [-0.25, -0.2) is 0 Å². The molecule has 0 fully saturated rings. The molecule has 0 saturated heterocycles. The van der Waals surface area contributed by atoms with Crippen LogP contribution in [0.25, 0.3) is 0 Å². The second-order valence-corrected chi connectivity index (χ2v) is 5.31. The standard InChI is InChI=1S/C13H9Br2NO2/c14-10-6-9(12(17)7-11(10)15)13(18)16-8-4-2-1-3-5-8/h1-7,17H,(H,16,18). The third-order valence-corrected chi connectivity index (χ3v) is 4.16. The molecule has 2 N–H and O–H groups in total. The summed E-state index contributed by atoms with van der Waals surface area (Å²) >= 11 is 6.55. The fourth-order valence-electron chi connectivity index (χ4n) is 1.44. The highest BCUT2D eigenvalue weighted by Gasteiger charge is 2.13. The van der Waals surface area contributed by atoms with Crippen molar-refractivity contribution in [1.82, 2.24) is 0 Å². The van der Waals surface area contributed by atoms with Gasteiger partial charge in [0.05, 0.1) is 5.56 Å². The number of phenolic OH excluding ortho intramolecular Hbond substituents is 1. The monoisotopic (exact) mass is 369 g/mol. The lowest BCUT2D eigenvalue weighted by molar-refractivity contribution is 0.102. The maximum absolute atomic E-state index is 12.0. The molecule has 0 radical (unpaired) electrons. The average Bonchev–Trinajstić information content (AvgIpc) is 2.35. The minimum Gasteiger partial charge on any atom is -0.507 e. The van der Waals surface area contributed by atoms with Gasteiger partial charge >= 0.3 is 0 Å². The first-order chi connectivity index (χ1) is 8.58. The molecule has 0 spiro atoms. The van der Waals surface area contributed by atoms with Gasteiger partial charge in [-0.2, -0.15) is 0 Å². The highest BCUT2D eigenvalue weighted by atomic mass is 79.9. The third-order valence-electron chi connectivity index (χ3n) is 2.31. The summed E-state index contributed by atoms with van der Waals surface area (Å²) in [5, 5.41) is 12.5. The van der Waals surface area contributed by atoms with Crippen LogP contribution in [0.4, 0.5) is 5.69 Å². The van der Waals surface area contributed by atoms with Gasteiger partial charge in [0.1, 0.15) is 5.75 Å². The molecule has 3 nitrogen and oxygen atoms in total. The number of para-hydroxylation sites is 1. The average molecular weight is 371 g/mol. The number of phenols is 1. The zero-order valence-corrected chi connectivity index (χ0v) is 12.3. The number of hydrogen-bond donors (Lipinski definition) is 2. The molecule has 2 rings (SSSR count). The molecule has 0 unspecified atom stereocenters. The van der Waals surface area contributed by atoms with Crippen molar-refractivity contribution in [1.29, 1.82) is 0 Å². The van der Waals surface area contributed by atoms with Crippen LogP contribution in [0.15, 0.2) is 51.4 Å². The molecular weight excluding hydrogens is 362 g/mol. The maximum Gasteiger partial charge on any atom is 0.259 e. The van der Waals surface area contributed by atoms with E-state index in [1.165, 1.54) is 6.07 Å². The molecule has 0 aliphatic heterocycles. The van der Waals surface area contributed by atoms with Crippen molar-refractivity contribution in [2.45, 2.75) is 0 Å². The van der Waals surface area contributed by atoms with Gasteiger partial charge in [0.2, 0.25) is 0 Å². The number of amides is 1. The van der Waals surface area contributed by atoms with Gasteiger partial charge in [0.25, 0.3) is 5.91 Å². The fraction of sp³-hybridized carbons (Fsp3) is 0. The summed E-state index contributed by atoms with van der Waals surface area (Å²) in [4.78, 5) is 12.0. The van der Waals surface area contributed by atoms with Gasteiger partial charge in [-0.1, -0.05) is 18.2 Å². The number of aromatic hydroxyl groups is 1. The van der Waals surface area contributed by atoms with Crippen LogP contribution in [0, 0.1) is 0 Å². The second-order valence-electron chi connectivity index (χ2n) is 3.60. The zero-order valence-electron chi connectivity index (χ0n) is 9.15. The fourth-order valence-corrected chi connectivity index (χ4v) is 2.11. The summed E-state index contributed by atoms with van der Waals surface area (Å²) < 4.78 is 1.40. The molecule has 0 bridgehead atoms. The quantitative estimate of drug-likeness (QED) is 0.833. The predicted molar refractivity (Wildman–Crippen MR) is 77.9 cm³/mol. The van der Waals surface area contributed by atoms with Gasteiger partial charge in [0.15, 0.2) is 0 Å². The Morgan fingerprint density at radius 2 is 1.67 bits per heavy atom. The summed E-state index contributed by atoms with van der Waals surface area (Å²) in [7, 11) is 0. The van der Waals surface area contributed by atoms with Crippen molar-refractivity contribution in [3.05, 3.63) is 57.0 Å². The second kappa shape index (κ2) is 5.54. The Hall–Kier alpha value is -1.33. The van der Waals surface area contributed by atoms with Gasteiger partial charge in [0, 0.05) is 14.6 Å². The topological polar surface area (TPSA) is 49.3 Å². The minimum atomic E-state index is -0.355. The lowest BCUT2D eigenvalue weighted by Crippen LogP contribution is -2.12. The molecule has 18 heavy (non-hydrogen) atoms. The van der Waals surface area contributed by atoms with Crippen LogP contribution in [-0.4, -0.2) is 11.0 Å². The number of halogens is 2. The Balaban J connectivity index is 2.27. The van der Waals surface area contributed by atoms with Crippen molar-refractivity contribution < 1.29 is 9.90 Å². The number of carbonyl (C=O) groups is 1. The number of rotatable bonds is 2. The Morgan fingerprint density at radius 1 is 1.06 bits per heavy atom. The Kier molecular flexibility index (Phi) is 4.04. The molecule has 0 saturated carbocycles. The minimum absolute atomic E-state index is 0.0708. The molecule has 0 aliphatic carbocycles. The normalized spacial score (nSPS) is 10.1. The molecular formula is C13H9Br2NO2. The van der Waals surface area contributed by atoms with E-state index in [9.17, 15) is 9.90 Å². The van der Waals surface area contributed by atoms with E-state index in [4.69, 9.17) is 0 Å². The first-order valence-electron chi connectivity index (χ1n) is 5.12. The van der Waals surface area contributed by atoms with E-state index < -0.39 is 0 Å². The van der Waals surface area contributed by atoms with E-state index in [1.54, 1.807) is 18.2 Å². The van der Waals surface area contributed by atoms with Crippen LogP contribution in [0.3, 0.4) is 0 Å². The first kappa shape index (κ1) is 13.1. The van der Waals surface area contributed by atoms with Crippen molar-refractivity contribution in [2.75, 3.05) is 5.32 Å². The predicted octanol–water partition coefficient (Wildman–Crippen LogP) is 4.17. The van der Waals surface area contributed by atoms with Crippen molar-refractivity contribution in [3.8, 4) is 5.75 Å². The van der Waals surface area contributed by atoms with Gasteiger partial charge in [-0.15, -0.1) is 0 Å². The zero-order chi connectivity index (χ0) is 13.1.